The number of carbonyl (C=O) groups excluding carboxylic acids is 1. The normalized spacial score (nSPS) is 11.4. The minimum absolute atomic E-state index is 0.178. The Kier molecular flexibility index (Phi) is 3.10. The first-order valence-electron chi connectivity index (χ1n) is 4.55. The zero-order chi connectivity index (χ0) is 10.8. The van der Waals surface area contributed by atoms with E-state index in [1.54, 1.807) is 6.33 Å². The summed E-state index contributed by atoms with van der Waals surface area (Å²) in [5.41, 5.74) is 0.760. The Morgan fingerprint density at radius 2 is 2.21 bits per heavy atom. The maximum absolute atomic E-state index is 11.4. The second-order valence-corrected chi connectivity index (χ2v) is 8.72. The summed E-state index contributed by atoms with van der Waals surface area (Å²) >= 11 is 0. The second-order valence-electron chi connectivity index (χ2n) is 4.29. The van der Waals surface area contributed by atoms with Crippen LogP contribution in [0.5, 0.6) is 0 Å². The predicted octanol–water partition coefficient (Wildman–Crippen LogP) is 1.34. The third-order valence-electron chi connectivity index (χ3n) is 1.50. The highest BCUT2D eigenvalue weighted by Gasteiger charge is 2.20. The molecule has 0 fully saturated rings. The Balaban J connectivity index is 2.50. The van der Waals surface area contributed by atoms with E-state index in [2.05, 4.69) is 4.98 Å². The summed E-state index contributed by atoms with van der Waals surface area (Å²) in [6.07, 6.45) is 3.77. The molecule has 14 heavy (non-hydrogen) atoms. The van der Waals surface area contributed by atoms with Crippen molar-refractivity contribution in [3.05, 3.63) is 18.2 Å². The van der Waals surface area contributed by atoms with Crippen LogP contribution in [-0.2, 0) is 22.7 Å². The largest absolute Gasteiger partial charge is 0.520 e. The van der Waals surface area contributed by atoms with Gasteiger partial charge in [-0.25, -0.2) is 4.98 Å². The van der Waals surface area contributed by atoms with Crippen molar-refractivity contribution in [3.8, 4) is 0 Å². The van der Waals surface area contributed by atoms with Crippen LogP contribution in [0, 0.1) is 0 Å². The van der Waals surface area contributed by atoms with Gasteiger partial charge in [0.1, 0.15) is 0 Å². The summed E-state index contributed by atoms with van der Waals surface area (Å²) in [5.74, 6) is -0.178. The molecule has 0 N–H and O–H groups in total. The lowest BCUT2D eigenvalue weighted by Crippen LogP contribution is -2.30. The van der Waals surface area contributed by atoms with Crippen LogP contribution in [0.4, 0.5) is 0 Å². The third-order valence-corrected chi connectivity index (χ3v) is 2.34. The first kappa shape index (κ1) is 11.0. The van der Waals surface area contributed by atoms with Gasteiger partial charge in [-0.05, 0) is 19.6 Å². The number of aryl methyl sites for hydroxylation is 1. The lowest BCUT2D eigenvalue weighted by molar-refractivity contribution is -0.134. The van der Waals surface area contributed by atoms with Gasteiger partial charge in [-0.3, -0.25) is 4.79 Å². The molecular weight excluding hydrogens is 196 g/mol. The standard InChI is InChI=1S/C9H16N2O2Si/c1-11-6-8(10-7-11)5-9(12)13-14(2,3)4/h6-7H,5H2,1-4H3. The Morgan fingerprint density at radius 1 is 1.57 bits per heavy atom. The van der Waals surface area contributed by atoms with Crippen LogP contribution in [0.2, 0.25) is 19.6 Å². The summed E-state index contributed by atoms with van der Waals surface area (Å²) in [4.78, 5) is 15.5. The lowest BCUT2D eigenvalue weighted by atomic mass is 10.3. The topological polar surface area (TPSA) is 44.1 Å². The number of hydrogen-bond acceptors (Lipinski definition) is 3. The SMILES string of the molecule is Cn1cnc(CC(=O)O[Si](C)(C)C)c1. The van der Waals surface area contributed by atoms with Crippen molar-refractivity contribution in [2.45, 2.75) is 26.1 Å². The molecule has 0 bridgehead atoms. The van der Waals surface area contributed by atoms with Crippen molar-refractivity contribution in [1.29, 1.82) is 0 Å². The highest BCUT2D eigenvalue weighted by Crippen LogP contribution is 2.05. The molecule has 0 atom stereocenters. The molecule has 1 rings (SSSR count). The van der Waals surface area contributed by atoms with Crippen molar-refractivity contribution >= 4 is 14.3 Å². The van der Waals surface area contributed by atoms with E-state index in [1.807, 2.05) is 37.5 Å². The fourth-order valence-electron chi connectivity index (χ4n) is 1.08. The molecule has 0 aliphatic heterocycles. The molecule has 5 heteroatoms. The van der Waals surface area contributed by atoms with Gasteiger partial charge in [-0.1, -0.05) is 0 Å². The monoisotopic (exact) mass is 212 g/mol. The van der Waals surface area contributed by atoms with E-state index in [4.69, 9.17) is 4.43 Å². The Hall–Kier alpha value is -1.10. The average Bonchev–Trinajstić information content (AvgIpc) is 2.30. The van der Waals surface area contributed by atoms with Gasteiger partial charge in [-0.15, -0.1) is 0 Å². The molecule has 0 saturated heterocycles. The van der Waals surface area contributed by atoms with E-state index >= 15 is 0 Å². The maximum Gasteiger partial charge on any atom is 0.298 e. The summed E-state index contributed by atoms with van der Waals surface area (Å²) in [6.45, 7) is 5.97. The Labute approximate surface area is 85.0 Å². The van der Waals surface area contributed by atoms with Crippen LogP contribution >= 0.6 is 0 Å². The lowest BCUT2D eigenvalue weighted by Gasteiger charge is -2.16. The quantitative estimate of drug-likeness (QED) is 0.710. The molecule has 1 heterocycles. The molecule has 0 aliphatic rings. The molecule has 78 valence electrons. The molecule has 0 amide bonds. The first-order chi connectivity index (χ1) is 6.37. The fraction of sp³-hybridized carbons (Fsp3) is 0.556. The van der Waals surface area contributed by atoms with Crippen LogP contribution in [0.3, 0.4) is 0 Å². The fourth-order valence-corrected chi connectivity index (χ4v) is 1.84. The van der Waals surface area contributed by atoms with E-state index < -0.39 is 8.32 Å². The van der Waals surface area contributed by atoms with Crippen molar-refractivity contribution in [2.75, 3.05) is 0 Å². The van der Waals surface area contributed by atoms with E-state index in [-0.39, 0.29) is 12.4 Å². The van der Waals surface area contributed by atoms with Gasteiger partial charge in [0.15, 0.2) is 0 Å². The van der Waals surface area contributed by atoms with E-state index in [0.717, 1.165) is 5.69 Å². The number of aromatic nitrogens is 2. The van der Waals surface area contributed by atoms with Crippen LogP contribution in [0.15, 0.2) is 12.5 Å². The van der Waals surface area contributed by atoms with Gasteiger partial charge < -0.3 is 8.99 Å². The van der Waals surface area contributed by atoms with Gasteiger partial charge in [0.2, 0.25) is 8.32 Å². The van der Waals surface area contributed by atoms with Crippen molar-refractivity contribution in [3.63, 3.8) is 0 Å². The first-order valence-corrected chi connectivity index (χ1v) is 7.96. The second kappa shape index (κ2) is 3.96. The molecule has 0 saturated carbocycles. The predicted molar refractivity (Wildman–Crippen MR) is 56.4 cm³/mol. The molecule has 0 spiro atoms. The van der Waals surface area contributed by atoms with E-state index in [9.17, 15) is 4.79 Å². The minimum Gasteiger partial charge on any atom is -0.520 e. The molecule has 4 nitrogen and oxygen atoms in total. The molecule has 0 unspecified atom stereocenters. The number of rotatable bonds is 3. The summed E-state index contributed by atoms with van der Waals surface area (Å²) in [5, 5.41) is 0. The van der Waals surface area contributed by atoms with Crippen molar-refractivity contribution in [2.24, 2.45) is 7.05 Å². The van der Waals surface area contributed by atoms with Gasteiger partial charge in [0.05, 0.1) is 18.4 Å². The maximum atomic E-state index is 11.4. The van der Waals surface area contributed by atoms with Crippen LogP contribution in [0.25, 0.3) is 0 Å². The Bertz CT molecular complexity index is 328. The zero-order valence-corrected chi connectivity index (χ0v) is 10.1. The molecule has 1 aromatic heterocycles. The highest BCUT2D eigenvalue weighted by atomic mass is 28.4. The molecule has 0 aromatic carbocycles. The molecule has 0 aliphatic carbocycles. The number of hydrogen-bond donors (Lipinski definition) is 0. The minimum atomic E-state index is -1.75. The molecular formula is C9H16N2O2Si. The third kappa shape index (κ3) is 3.74. The van der Waals surface area contributed by atoms with Crippen LogP contribution in [0.1, 0.15) is 5.69 Å². The molecule has 0 radical (unpaired) electrons. The van der Waals surface area contributed by atoms with Gasteiger partial charge in [-0.2, -0.15) is 0 Å². The van der Waals surface area contributed by atoms with Gasteiger partial charge in [0.25, 0.3) is 5.97 Å². The number of imidazole rings is 1. The average molecular weight is 212 g/mol. The number of nitrogens with zero attached hydrogens (tertiary/aromatic N) is 2. The van der Waals surface area contributed by atoms with Gasteiger partial charge >= 0.3 is 0 Å². The van der Waals surface area contributed by atoms with Crippen molar-refractivity contribution < 1.29 is 9.22 Å². The van der Waals surface area contributed by atoms with E-state index in [1.165, 1.54) is 0 Å². The van der Waals surface area contributed by atoms with Gasteiger partial charge in [0, 0.05) is 13.2 Å². The van der Waals surface area contributed by atoms with Crippen LogP contribution in [-0.4, -0.2) is 23.8 Å². The van der Waals surface area contributed by atoms with E-state index in [0.29, 0.717) is 0 Å². The summed E-state index contributed by atoms with van der Waals surface area (Å²) in [6, 6.07) is 0. The molecule has 1 aromatic rings. The smallest absolute Gasteiger partial charge is 0.298 e. The van der Waals surface area contributed by atoms with Crippen LogP contribution < -0.4 is 0 Å². The summed E-state index contributed by atoms with van der Waals surface area (Å²) < 4.78 is 7.12. The highest BCUT2D eigenvalue weighted by molar-refractivity contribution is 6.71. The Morgan fingerprint density at radius 3 is 2.64 bits per heavy atom. The summed E-state index contributed by atoms with van der Waals surface area (Å²) in [7, 11) is 0.124. The zero-order valence-electron chi connectivity index (χ0n) is 9.07. The number of carbonyl (C=O) groups is 1. The van der Waals surface area contributed by atoms with Crippen molar-refractivity contribution in [1.82, 2.24) is 9.55 Å².